The largest absolute Gasteiger partial charge is 0.0770 e. The van der Waals surface area contributed by atoms with Gasteiger partial charge in [-0.1, -0.05) is 85.0 Å². The van der Waals surface area contributed by atoms with Crippen molar-refractivity contribution in [3.8, 4) is 0 Å². The predicted octanol–water partition coefficient (Wildman–Crippen LogP) is 5.36. The van der Waals surface area contributed by atoms with Gasteiger partial charge in [-0.15, -0.1) is 0 Å². The molecular formula is C21H18. The second kappa shape index (κ2) is 5.21. The van der Waals surface area contributed by atoms with E-state index in [4.69, 9.17) is 0 Å². The van der Waals surface area contributed by atoms with Crippen LogP contribution < -0.4 is 0 Å². The SMILES string of the molecule is C1=CC2CC(C=C1)C(c1ccccc1)=C2c1ccccc1. The third-order valence-corrected chi connectivity index (χ3v) is 4.51. The molecule has 0 radical (unpaired) electrons. The molecule has 2 aliphatic carbocycles. The van der Waals surface area contributed by atoms with Gasteiger partial charge in [0.05, 0.1) is 0 Å². The van der Waals surface area contributed by atoms with Gasteiger partial charge in [0.1, 0.15) is 0 Å². The van der Waals surface area contributed by atoms with Crippen LogP contribution in [-0.2, 0) is 0 Å². The summed E-state index contributed by atoms with van der Waals surface area (Å²) in [5.74, 6) is 1.06. The van der Waals surface area contributed by atoms with Crippen molar-refractivity contribution in [2.45, 2.75) is 6.42 Å². The van der Waals surface area contributed by atoms with Gasteiger partial charge in [-0.2, -0.15) is 0 Å². The lowest BCUT2D eigenvalue weighted by molar-refractivity contribution is 0.697. The average Bonchev–Trinajstić information content (AvgIpc) is 2.72. The second-order valence-corrected chi connectivity index (χ2v) is 5.78. The summed E-state index contributed by atoms with van der Waals surface area (Å²) in [6.45, 7) is 0. The average molecular weight is 270 g/mol. The molecule has 2 unspecified atom stereocenters. The van der Waals surface area contributed by atoms with Gasteiger partial charge in [0, 0.05) is 11.8 Å². The van der Waals surface area contributed by atoms with E-state index < -0.39 is 0 Å². The summed E-state index contributed by atoms with van der Waals surface area (Å²) in [5.41, 5.74) is 5.74. The minimum atomic E-state index is 0.530. The number of hydrogen-bond donors (Lipinski definition) is 0. The Balaban J connectivity index is 1.95. The van der Waals surface area contributed by atoms with Crippen LogP contribution in [0.3, 0.4) is 0 Å². The molecule has 0 nitrogen and oxygen atoms in total. The van der Waals surface area contributed by atoms with Crippen molar-refractivity contribution in [2.24, 2.45) is 11.8 Å². The Morgan fingerprint density at radius 1 is 0.571 bits per heavy atom. The predicted molar refractivity (Wildman–Crippen MR) is 89.6 cm³/mol. The van der Waals surface area contributed by atoms with Crippen LogP contribution in [0.4, 0.5) is 0 Å². The Hall–Kier alpha value is -2.34. The Bertz CT molecular complexity index is 654. The minimum Gasteiger partial charge on any atom is -0.0770 e. The van der Waals surface area contributed by atoms with E-state index in [9.17, 15) is 0 Å². The normalized spacial score (nSPS) is 23.4. The van der Waals surface area contributed by atoms with Crippen LogP contribution in [0.2, 0.25) is 0 Å². The molecule has 0 spiro atoms. The van der Waals surface area contributed by atoms with Crippen LogP contribution in [0.15, 0.2) is 85.0 Å². The maximum Gasteiger partial charge on any atom is 0.00390 e. The van der Waals surface area contributed by atoms with Crippen LogP contribution in [0.5, 0.6) is 0 Å². The lowest BCUT2D eigenvalue weighted by atomic mass is 9.89. The van der Waals surface area contributed by atoms with Crippen molar-refractivity contribution in [3.05, 3.63) is 96.1 Å². The van der Waals surface area contributed by atoms with Crippen molar-refractivity contribution in [1.82, 2.24) is 0 Å². The summed E-state index contributed by atoms with van der Waals surface area (Å²) >= 11 is 0. The summed E-state index contributed by atoms with van der Waals surface area (Å²) in [4.78, 5) is 0. The van der Waals surface area contributed by atoms with Crippen molar-refractivity contribution in [3.63, 3.8) is 0 Å². The molecule has 0 aromatic heterocycles. The zero-order chi connectivity index (χ0) is 14.1. The quantitative estimate of drug-likeness (QED) is 0.689. The minimum absolute atomic E-state index is 0.530. The highest BCUT2D eigenvalue weighted by molar-refractivity contribution is 5.96. The van der Waals surface area contributed by atoms with E-state index in [-0.39, 0.29) is 0 Å². The molecule has 2 aromatic rings. The van der Waals surface area contributed by atoms with Gasteiger partial charge in [0.25, 0.3) is 0 Å². The van der Waals surface area contributed by atoms with Gasteiger partial charge in [-0.3, -0.25) is 0 Å². The third kappa shape index (κ3) is 2.17. The number of allylic oxidation sites excluding steroid dienone is 6. The van der Waals surface area contributed by atoms with Gasteiger partial charge < -0.3 is 0 Å². The lowest BCUT2D eigenvalue weighted by Gasteiger charge is -2.15. The first-order valence-corrected chi connectivity index (χ1v) is 7.63. The van der Waals surface area contributed by atoms with Crippen molar-refractivity contribution in [1.29, 1.82) is 0 Å². The maximum atomic E-state index is 2.36. The molecule has 0 heteroatoms. The molecule has 2 bridgehead atoms. The van der Waals surface area contributed by atoms with E-state index in [1.807, 2.05) is 0 Å². The number of fused-ring (bicyclic) bond motifs is 2. The first-order chi connectivity index (χ1) is 10.4. The fourth-order valence-electron chi connectivity index (χ4n) is 3.63. The smallest absolute Gasteiger partial charge is 0.00390 e. The number of rotatable bonds is 2. The molecular weight excluding hydrogens is 252 g/mol. The molecule has 0 amide bonds. The van der Waals surface area contributed by atoms with Crippen LogP contribution >= 0.6 is 0 Å². The Kier molecular flexibility index (Phi) is 3.08. The first kappa shape index (κ1) is 12.4. The van der Waals surface area contributed by atoms with Crippen molar-refractivity contribution >= 4 is 11.1 Å². The molecule has 0 aliphatic heterocycles. The van der Waals surface area contributed by atoms with E-state index in [2.05, 4.69) is 85.0 Å². The summed E-state index contributed by atoms with van der Waals surface area (Å²) in [5, 5.41) is 0. The first-order valence-electron chi connectivity index (χ1n) is 7.63. The van der Waals surface area contributed by atoms with E-state index in [0.29, 0.717) is 11.8 Å². The van der Waals surface area contributed by atoms with E-state index in [1.54, 1.807) is 0 Å². The number of benzene rings is 2. The van der Waals surface area contributed by atoms with E-state index >= 15 is 0 Å². The maximum absolute atomic E-state index is 2.36. The summed E-state index contributed by atoms with van der Waals surface area (Å²) < 4.78 is 0. The van der Waals surface area contributed by atoms with Gasteiger partial charge in [0.2, 0.25) is 0 Å². The van der Waals surface area contributed by atoms with Gasteiger partial charge in [0.15, 0.2) is 0 Å². The molecule has 0 saturated carbocycles. The summed E-state index contributed by atoms with van der Waals surface area (Å²) in [6, 6.07) is 21.7. The van der Waals surface area contributed by atoms with Gasteiger partial charge in [-0.05, 0) is 28.7 Å². The van der Waals surface area contributed by atoms with Crippen LogP contribution in [0.25, 0.3) is 11.1 Å². The molecule has 0 fully saturated rings. The standard InChI is InChI=1S/C21H18/c1-3-9-16(10-4-1)20-18-13-7-8-14-19(15-18)21(20)17-11-5-2-6-12-17/h1-14,18-19H,15H2. The molecule has 2 atom stereocenters. The van der Waals surface area contributed by atoms with E-state index in [0.717, 1.165) is 0 Å². The van der Waals surface area contributed by atoms with Crippen molar-refractivity contribution in [2.75, 3.05) is 0 Å². The fraction of sp³-hybridized carbons (Fsp3) is 0.143. The molecule has 0 heterocycles. The molecule has 4 rings (SSSR count). The third-order valence-electron chi connectivity index (χ3n) is 4.51. The topological polar surface area (TPSA) is 0 Å². The molecule has 2 aliphatic rings. The fourth-order valence-corrected chi connectivity index (χ4v) is 3.63. The Morgan fingerprint density at radius 3 is 1.43 bits per heavy atom. The van der Waals surface area contributed by atoms with Crippen LogP contribution in [-0.4, -0.2) is 0 Å². The lowest BCUT2D eigenvalue weighted by Crippen LogP contribution is -1.95. The highest BCUT2D eigenvalue weighted by atomic mass is 14.4. The Morgan fingerprint density at radius 2 is 1.00 bits per heavy atom. The molecule has 21 heavy (non-hydrogen) atoms. The van der Waals surface area contributed by atoms with Crippen LogP contribution in [0, 0.1) is 11.8 Å². The van der Waals surface area contributed by atoms with Gasteiger partial charge in [-0.25, -0.2) is 0 Å². The monoisotopic (exact) mass is 270 g/mol. The molecule has 2 aromatic carbocycles. The van der Waals surface area contributed by atoms with Crippen molar-refractivity contribution < 1.29 is 0 Å². The Labute approximate surface area is 126 Å². The zero-order valence-corrected chi connectivity index (χ0v) is 11.9. The van der Waals surface area contributed by atoms with Gasteiger partial charge >= 0.3 is 0 Å². The summed E-state index contributed by atoms with van der Waals surface area (Å²) in [6.07, 6.45) is 10.3. The van der Waals surface area contributed by atoms with E-state index in [1.165, 1.54) is 28.7 Å². The highest BCUT2D eigenvalue weighted by Gasteiger charge is 2.32. The molecule has 102 valence electrons. The zero-order valence-electron chi connectivity index (χ0n) is 11.9. The molecule has 0 saturated heterocycles. The van der Waals surface area contributed by atoms with Crippen LogP contribution in [0.1, 0.15) is 17.5 Å². The molecule has 0 N–H and O–H groups in total. The summed E-state index contributed by atoms with van der Waals surface area (Å²) in [7, 11) is 0. The number of hydrogen-bond acceptors (Lipinski definition) is 0. The second-order valence-electron chi connectivity index (χ2n) is 5.78. The highest BCUT2D eigenvalue weighted by Crippen LogP contribution is 2.49.